The van der Waals surface area contributed by atoms with Crippen LogP contribution in [-0.4, -0.2) is 36.1 Å². The van der Waals surface area contributed by atoms with Crippen molar-refractivity contribution in [2.24, 2.45) is 0 Å². The standard InChI is InChI=1S/C31H26FN3O3S/c1-37-28-14-22-12-13-34(18-23(22)15-29(28)38-2)30(36)19-35-27(21-6-4-3-5-7-21)16-25(26(17-33)31(35)39)20-8-10-24(32)11-9-20/h3-11,14-16H,12-13,18-19H2,1-2H3. The van der Waals surface area contributed by atoms with Gasteiger partial charge in [0.25, 0.3) is 0 Å². The average molecular weight is 540 g/mol. The maximum atomic E-state index is 13.7. The Bertz CT molecular complexity index is 1640. The fraction of sp³-hybridized carbons (Fsp3) is 0.194. The normalized spacial score (nSPS) is 12.4. The van der Waals surface area contributed by atoms with Crippen LogP contribution in [0.3, 0.4) is 0 Å². The molecular weight excluding hydrogens is 513 g/mol. The first-order valence-corrected chi connectivity index (χ1v) is 12.8. The third kappa shape index (κ3) is 5.14. The van der Waals surface area contributed by atoms with Crippen molar-refractivity contribution in [3.05, 3.63) is 99.9 Å². The minimum Gasteiger partial charge on any atom is -0.493 e. The summed E-state index contributed by atoms with van der Waals surface area (Å²) in [7, 11) is 3.19. The first-order chi connectivity index (χ1) is 18.9. The lowest BCUT2D eigenvalue weighted by atomic mass is 9.98. The van der Waals surface area contributed by atoms with E-state index in [0.29, 0.717) is 47.8 Å². The van der Waals surface area contributed by atoms with E-state index in [1.54, 1.807) is 35.8 Å². The SMILES string of the molecule is COc1cc2c(cc1OC)CN(C(=O)Cn1c(-c3ccccc3)cc(-c3ccc(F)cc3)c(C#N)c1=S)CC2. The predicted octanol–water partition coefficient (Wildman–Crippen LogP) is 6.16. The number of hydrogen-bond donors (Lipinski definition) is 0. The molecule has 0 atom stereocenters. The second kappa shape index (κ2) is 11.1. The second-order valence-corrected chi connectivity index (χ2v) is 9.62. The number of nitriles is 1. The predicted molar refractivity (Wildman–Crippen MR) is 149 cm³/mol. The van der Waals surface area contributed by atoms with E-state index in [2.05, 4.69) is 6.07 Å². The van der Waals surface area contributed by atoms with Gasteiger partial charge < -0.3 is 18.9 Å². The number of rotatable bonds is 6. The number of fused-ring (bicyclic) bond motifs is 1. The van der Waals surface area contributed by atoms with Crippen molar-refractivity contribution in [1.29, 1.82) is 5.26 Å². The number of amides is 1. The van der Waals surface area contributed by atoms with Crippen molar-refractivity contribution < 1.29 is 18.7 Å². The van der Waals surface area contributed by atoms with Crippen molar-refractivity contribution in [3.63, 3.8) is 0 Å². The Labute approximate surface area is 231 Å². The van der Waals surface area contributed by atoms with Crippen LogP contribution in [0.15, 0.2) is 72.8 Å². The van der Waals surface area contributed by atoms with E-state index in [1.807, 2.05) is 48.5 Å². The summed E-state index contributed by atoms with van der Waals surface area (Å²) >= 11 is 5.80. The maximum Gasteiger partial charge on any atom is 0.242 e. The Kier molecular flexibility index (Phi) is 7.44. The number of carbonyl (C=O) groups is 1. The average Bonchev–Trinajstić information content (AvgIpc) is 2.97. The topological polar surface area (TPSA) is 67.5 Å². The Morgan fingerprint density at radius 3 is 2.28 bits per heavy atom. The molecule has 3 aromatic carbocycles. The number of ether oxygens (including phenoxy) is 2. The van der Waals surface area contributed by atoms with Crippen LogP contribution in [-0.2, 0) is 24.3 Å². The highest BCUT2D eigenvalue weighted by molar-refractivity contribution is 7.71. The maximum absolute atomic E-state index is 13.7. The molecule has 0 fully saturated rings. The molecule has 6 nitrogen and oxygen atoms in total. The molecule has 196 valence electrons. The van der Waals surface area contributed by atoms with Gasteiger partial charge in [0, 0.05) is 18.7 Å². The van der Waals surface area contributed by atoms with Gasteiger partial charge in [-0.3, -0.25) is 4.79 Å². The summed E-state index contributed by atoms with van der Waals surface area (Å²) in [4.78, 5) is 15.5. The zero-order chi connectivity index (χ0) is 27.5. The number of benzene rings is 3. The van der Waals surface area contributed by atoms with Crippen LogP contribution >= 0.6 is 12.2 Å². The van der Waals surface area contributed by atoms with E-state index in [0.717, 1.165) is 16.7 Å². The van der Waals surface area contributed by atoms with Crippen LogP contribution in [0.25, 0.3) is 22.4 Å². The molecule has 0 radical (unpaired) electrons. The minimum absolute atomic E-state index is 0.0237. The monoisotopic (exact) mass is 539 g/mol. The molecule has 1 aliphatic heterocycles. The van der Waals surface area contributed by atoms with Gasteiger partial charge in [-0.05, 0) is 59.0 Å². The molecule has 0 bridgehead atoms. The van der Waals surface area contributed by atoms with E-state index in [-0.39, 0.29) is 28.5 Å². The fourth-order valence-electron chi connectivity index (χ4n) is 4.95. The molecule has 1 amide bonds. The molecule has 0 aliphatic carbocycles. The molecule has 1 aliphatic rings. The molecule has 0 N–H and O–H groups in total. The molecule has 0 saturated carbocycles. The van der Waals surface area contributed by atoms with Crippen LogP contribution in [0.5, 0.6) is 11.5 Å². The number of carbonyl (C=O) groups excluding carboxylic acids is 1. The van der Waals surface area contributed by atoms with Crippen LogP contribution in [0, 0.1) is 21.8 Å². The lowest BCUT2D eigenvalue weighted by Gasteiger charge is -2.30. The third-order valence-electron chi connectivity index (χ3n) is 7.00. The molecule has 2 heterocycles. The number of methoxy groups -OCH3 is 2. The summed E-state index contributed by atoms with van der Waals surface area (Å²) < 4.78 is 26.5. The van der Waals surface area contributed by atoms with Gasteiger partial charge in [-0.1, -0.05) is 54.7 Å². The van der Waals surface area contributed by atoms with Crippen LogP contribution in [0.1, 0.15) is 16.7 Å². The van der Waals surface area contributed by atoms with Gasteiger partial charge >= 0.3 is 0 Å². The molecular formula is C31H26FN3O3S. The Hall–Kier alpha value is -4.48. The largest absolute Gasteiger partial charge is 0.493 e. The number of pyridine rings is 1. The van der Waals surface area contributed by atoms with Crippen molar-refractivity contribution in [3.8, 4) is 40.0 Å². The van der Waals surface area contributed by atoms with Gasteiger partial charge in [0.15, 0.2) is 11.5 Å². The molecule has 4 aromatic rings. The first kappa shape index (κ1) is 26.1. The molecule has 0 unspecified atom stereocenters. The third-order valence-corrected chi connectivity index (χ3v) is 7.43. The van der Waals surface area contributed by atoms with Gasteiger partial charge in [-0.2, -0.15) is 5.26 Å². The van der Waals surface area contributed by atoms with Crippen LogP contribution in [0.2, 0.25) is 0 Å². The molecule has 39 heavy (non-hydrogen) atoms. The molecule has 0 saturated heterocycles. The quantitative estimate of drug-likeness (QED) is 0.275. The number of hydrogen-bond acceptors (Lipinski definition) is 5. The zero-order valence-electron chi connectivity index (χ0n) is 21.6. The highest BCUT2D eigenvalue weighted by Gasteiger charge is 2.25. The van der Waals surface area contributed by atoms with Crippen LogP contribution < -0.4 is 9.47 Å². The number of nitrogens with zero attached hydrogens (tertiary/aromatic N) is 3. The first-order valence-electron chi connectivity index (χ1n) is 12.4. The summed E-state index contributed by atoms with van der Waals surface area (Å²) in [6.45, 7) is 0.958. The zero-order valence-corrected chi connectivity index (χ0v) is 22.4. The van der Waals surface area contributed by atoms with E-state index < -0.39 is 0 Å². The lowest BCUT2D eigenvalue weighted by molar-refractivity contribution is -0.132. The molecule has 0 spiro atoms. The van der Waals surface area contributed by atoms with Crippen molar-refractivity contribution in [1.82, 2.24) is 9.47 Å². The molecule has 5 rings (SSSR count). The van der Waals surface area contributed by atoms with Gasteiger partial charge in [0.1, 0.15) is 23.1 Å². The van der Waals surface area contributed by atoms with Crippen molar-refractivity contribution in [2.45, 2.75) is 19.5 Å². The van der Waals surface area contributed by atoms with Gasteiger partial charge in [-0.15, -0.1) is 0 Å². The van der Waals surface area contributed by atoms with Gasteiger partial charge in [0.2, 0.25) is 5.91 Å². The van der Waals surface area contributed by atoms with E-state index in [9.17, 15) is 14.4 Å². The molecule has 1 aromatic heterocycles. The van der Waals surface area contributed by atoms with E-state index >= 15 is 0 Å². The summed E-state index contributed by atoms with van der Waals surface area (Å²) in [6, 6.07) is 23.5. The van der Waals surface area contributed by atoms with E-state index in [1.165, 1.54) is 12.1 Å². The van der Waals surface area contributed by atoms with Gasteiger partial charge in [-0.25, -0.2) is 4.39 Å². The Morgan fingerprint density at radius 1 is 0.974 bits per heavy atom. The lowest BCUT2D eigenvalue weighted by Crippen LogP contribution is -2.38. The number of halogens is 1. The summed E-state index contributed by atoms with van der Waals surface area (Å²) in [5, 5.41) is 10.1. The fourth-order valence-corrected chi connectivity index (χ4v) is 5.27. The van der Waals surface area contributed by atoms with Crippen molar-refractivity contribution in [2.75, 3.05) is 20.8 Å². The Morgan fingerprint density at radius 2 is 1.64 bits per heavy atom. The summed E-state index contributed by atoms with van der Waals surface area (Å²) in [5.74, 6) is 0.811. The van der Waals surface area contributed by atoms with Crippen molar-refractivity contribution >= 4 is 18.1 Å². The Balaban J connectivity index is 1.54. The number of aromatic nitrogens is 1. The highest BCUT2D eigenvalue weighted by Crippen LogP contribution is 2.34. The van der Waals surface area contributed by atoms with E-state index in [4.69, 9.17) is 21.7 Å². The smallest absolute Gasteiger partial charge is 0.242 e. The van der Waals surface area contributed by atoms with Crippen LogP contribution in [0.4, 0.5) is 4.39 Å². The second-order valence-electron chi connectivity index (χ2n) is 9.24. The minimum atomic E-state index is -0.366. The summed E-state index contributed by atoms with van der Waals surface area (Å²) in [6.07, 6.45) is 0.686. The van der Waals surface area contributed by atoms with Gasteiger partial charge in [0.05, 0.1) is 25.5 Å². The summed E-state index contributed by atoms with van der Waals surface area (Å²) in [5.41, 5.74) is 5.22. The highest BCUT2D eigenvalue weighted by atomic mass is 32.1. The molecule has 8 heteroatoms.